The molecule has 3 aromatic rings. The number of carbonyl (C=O) groups is 1. The number of hydrogen-bond donors (Lipinski definition) is 1. The average molecular weight is 445 g/mol. The minimum Gasteiger partial charge on any atom is -0.494 e. The van der Waals surface area contributed by atoms with E-state index in [0.717, 1.165) is 52.4 Å². The van der Waals surface area contributed by atoms with Gasteiger partial charge in [-0.25, -0.2) is 0 Å². The first-order valence-corrected chi connectivity index (χ1v) is 10.5. The maximum Gasteiger partial charge on any atom is 0.255 e. The van der Waals surface area contributed by atoms with Crippen LogP contribution >= 0.6 is 24.0 Å². The smallest absolute Gasteiger partial charge is 0.255 e. The van der Waals surface area contributed by atoms with Crippen molar-refractivity contribution in [3.8, 4) is 5.75 Å². The van der Waals surface area contributed by atoms with Crippen molar-refractivity contribution in [3.63, 3.8) is 0 Å². The Kier molecular flexibility index (Phi) is 7.22. The Morgan fingerprint density at radius 3 is 2.63 bits per heavy atom. The SMILES string of the molecule is Cc1c(NC(=O)c2ccc(OCCC3CC3)cc2)ccc2cc(C(C)Cl)cnc12.Cl. The molecule has 0 spiro atoms. The van der Waals surface area contributed by atoms with Crippen LogP contribution in [-0.2, 0) is 0 Å². The van der Waals surface area contributed by atoms with E-state index < -0.39 is 0 Å². The van der Waals surface area contributed by atoms with Crippen molar-refractivity contribution in [2.45, 2.75) is 38.5 Å². The molecule has 1 aliphatic carbocycles. The number of ether oxygens (including phenoxy) is 1. The number of pyridine rings is 1. The van der Waals surface area contributed by atoms with Crippen molar-refractivity contribution in [1.29, 1.82) is 0 Å². The van der Waals surface area contributed by atoms with Gasteiger partial charge in [-0.2, -0.15) is 0 Å². The molecule has 1 N–H and O–H groups in total. The fourth-order valence-electron chi connectivity index (χ4n) is 3.36. The minimum absolute atomic E-state index is 0. The molecule has 6 heteroatoms. The summed E-state index contributed by atoms with van der Waals surface area (Å²) in [4.78, 5) is 17.2. The maximum atomic E-state index is 12.7. The van der Waals surface area contributed by atoms with Crippen LogP contribution in [0.1, 0.15) is 53.0 Å². The minimum atomic E-state index is -0.150. The molecule has 30 heavy (non-hydrogen) atoms. The van der Waals surface area contributed by atoms with Gasteiger partial charge < -0.3 is 10.1 Å². The molecular formula is C24H26Cl2N2O2. The first-order valence-electron chi connectivity index (χ1n) is 10.1. The van der Waals surface area contributed by atoms with E-state index in [4.69, 9.17) is 16.3 Å². The molecule has 1 aromatic heterocycles. The lowest BCUT2D eigenvalue weighted by Crippen LogP contribution is -2.13. The van der Waals surface area contributed by atoms with E-state index >= 15 is 0 Å². The third-order valence-electron chi connectivity index (χ3n) is 5.44. The average Bonchev–Trinajstić information content (AvgIpc) is 3.54. The van der Waals surface area contributed by atoms with Crippen LogP contribution in [0.3, 0.4) is 0 Å². The number of alkyl halides is 1. The Labute approximate surface area is 188 Å². The molecule has 1 aliphatic rings. The second-order valence-electron chi connectivity index (χ2n) is 7.75. The van der Waals surface area contributed by atoms with E-state index in [1.54, 1.807) is 18.3 Å². The van der Waals surface area contributed by atoms with Crippen LogP contribution in [0.4, 0.5) is 5.69 Å². The predicted octanol–water partition coefficient (Wildman–Crippen LogP) is 6.70. The highest BCUT2D eigenvalue weighted by molar-refractivity contribution is 6.20. The quantitative estimate of drug-likeness (QED) is 0.412. The van der Waals surface area contributed by atoms with Gasteiger partial charge in [0.1, 0.15) is 5.75 Å². The Balaban J connectivity index is 0.00000256. The summed E-state index contributed by atoms with van der Waals surface area (Å²) >= 11 is 6.16. The topological polar surface area (TPSA) is 51.2 Å². The molecule has 4 nitrogen and oxygen atoms in total. The number of benzene rings is 2. The first kappa shape index (κ1) is 22.4. The van der Waals surface area contributed by atoms with E-state index in [0.29, 0.717) is 5.56 Å². The van der Waals surface area contributed by atoms with Gasteiger partial charge in [0.15, 0.2) is 0 Å². The van der Waals surface area contributed by atoms with Crippen LogP contribution in [0, 0.1) is 12.8 Å². The monoisotopic (exact) mass is 444 g/mol. The molecule has 1 heterocycles. The summed E-state index contributed by atoms with van der Waals surface area (Å²) in [5.74, 6) is 1.50. The van der Waals surface area contributed by atoms with Gasteiger partial charge in [-0.15, -0.1) is 24.0 Å². The summed E-state index contributed by atoms with van der Waals surface area (Å²) in [6.45, 7) is 4.63. The molecular weight excluding hydrogens is 419 g/mol. The predicted molar refractivity (Wildman–Crippen MR) is 125 cm³/mol. The van der Waals surface area contributed by atoms with Crippen molar-refractivity contribution < 1.29 is 9.53 Å². The van der Waals surface area contributed by atoms with Gasteiger partial charge in [0.2, 0.25) is 0 Å². The van der Waals surface area contributed by atoms with E-state index in [1.165, 1.54) is 12.8 Å². The lowest BCUT2D eigenvalue weighted by molar-refractivity contribution is 0.102. The molecule has 0 radical (unpaired) electrons. The van der Waals surface area contributed by atoms with Crippen molar-refractivity contribution in [1.82, 2.24) is 4.98 Å². The van der Waals surface area contributed by atoms with Gasteiger partial charge in [-0.05, 0) is 73.7 Å². The molecule has 1 saturated carbocycles. The third kappa shape index (κ3) is 5.24. The van der Waals surface area contributed by atoms with Gasteiger partial charge in [0.05, 0.1) is 17.5 Å². The second kappa shape index (κ2) is 9.67. The van der Waals surface area contributed by atoms with E-state index in [2.05, 4.69) is 10.3 Å². The molecule has 1 fully saturated rings. The summed E-state index contributed by atoms with van der Waals surface area (Å²) in [7, 11) is 0. The molecule has 1 atom stereocenters. The lowest BCUT2D eigenvalue weighted by Gasteiger charge is -2.12. The Bertz CT molecular complexity index is 1030. The molecule has 4 rings (SSSR count). The molecule has 1 unspecified atom stereocenters. The fraction of sp³-hybridized carbons (Fsp3) is 0.333. The number of hydrogen-bond acceptors (Lipinski definition) is 3. The van der Waals surface area contributed by atoms with Crippen molar-refractivity contribution in [3.05, 3.63) is 65.4 Å². The lowest BCUT2D eigenvalue weighted by atomic mass is 10.1. The van der Waals surface area contributed by atoms with Crippen LogP contribution < -0.4 is 10.1 Å². The zero-order chi connectivity index (χ0) is 20.4. The summed E-state index contributed by atoms with van der Waals surface area (Å²) in [6.07, 6.45) is 5.57. The number of aryl methyl sites for hydroxylation is 1. The second-order valence-corrected chi connectivity index (χ2v) is 8.41. The number of fused-ring (bicyclic) bond motifs is 1. The number of nitrogens with zero attached hydrogens (tertiary/aromatic N) is 1. The molecule has 158 valence electrons. The van der Waals surface area contributed by atoms with Gasteiger partial charge in [-0.1, -0.05) is 18.9 Å². The van der Waals surface area contributed by atoms with Crippen LogP contribution in [-0.4, -0.2) is 17.5 Å². The van der Waals surface area contributed by atoms with Crippen LogP contribution in [0.15, 0.2) is 48.7 Å². The standard InChI is InChI=1S/C24H25ClN2O2.ClH/c1-15-22(10-7-19-13-20(16(2)25)14-26-23(15)19)27-24(28)18-5-8-21(9-6-18)29-12-11-17-3-4-17;/h5-10,13-14,16-17H,3-4,11-12H2,1-2H3,(H,27,28);1H. The Morgan fingerprint density at radius 1 is 1.23 bits per heavy atom. The van der Waals surface area contributed by atoms with Crippen molar-refractivity contribution >= 4 is 46.5 Å². The number of amides is 1. The number of aromatic nitrogens is 1. The summed E-state index contributed by atoms with van der Waals surface area (Å²) in [5, 5.41) is 3.92. The van der Waals surface area contributed by atoms with Crippen molar-refractivity contribution in [2.75, 3.05) is 11.9 Å². The first-order chi connectivity index (χ1) is 14.0. The van der Waals surface area contributed by atoms with Gasteiger partial charge in [0, 0.05) is 22.8 Å². The van der Waals surface area contributed by atoms with Gasteiger partial charge in [0.25, 0.3) is 5.91 Å². The number of rotatable bonds is 7. The van der Waals surface area contributed by atoms with Crippen LogP contribution in [0.2, 0.25) is 0 Å². The zero-order valence-corrected chi connectivity index (χ0v) is 18.7. The maximum absolute atomic E-state index is 12.7. The van der Waals surface area contributed by atoms with E-state index in [9.17, 15) is 4.79 Å². The number of anilines is 1. The molecule has 2 aromatic carbocycles. The highest BCUT2D eigenvalue weighted by atomic mass is 35.5. The highest BCUT2D eigenvalue weighted by Crippen LogP contribution is 2.32. The largest absolute Gasteiger partial charge is 0.494 e. The fourth-order valence-corrected chi connectivity index (χ4v) is 3.48. The number of carbonyl (C=O) groups excluding carboxylic acids is 1. The van der Waals surface area contributed by atoms with E-state index in [1.807, 2.05) is 44.2 Å². The molecule has 0 bridgehead atoms. The number of halogens is 2. The van der Waals surface area contributed by atoms with E-state index in [-0.39, 0.29) is 23.7 Å². The Morgan fingerprint density at radius 2 is 1.97 bits per heavy atom. The van der Waals surface area contributed by atoms with Gasteiger partial charge in [-0.3, -0.25) is 9.78 Å². The number of nitrogens with one attached hydrogen (secondary N) is 1. The van der Waals surface area contributed by atoms with Crippen LogP contribution in [0.5, 0.6) is 5.75 Å². The highest BCUT2D eigenvalue weighted by Gasteiger charge is 2.20. The van der Waals surface area contributed by atoms with Gasteiger partial charge >= 0.3 is 0 Å². The normalized spacial score (nSPS) is 14.1. The third-order valence-corrected chi connectivity index (χ3v) is 5.69. The van der Waals surface area contributed by atoms with Crippen LogP contribution in [0.25, 0.3) is 10.9 Å². The molecule has 0 saturated heterocycles. The molecule has 0 aliphatic heterocycles. The summed E-state index contributed by atoms with van der Waals surface area (Å²) in [6, 6.07) is 13.2. The summed E-state index contributed by atoms with van der Waals surface area (Å²) < 4.78 is 5.75. The van der Waals surface area contributed by atoms with Crippen molar-refractivity contribution in [2.24, 2.45) is 5.92 Å². The molecule has 1 amide bonds. The summed E-state index contributed by atoms with van der Waals surface area (Å²) in [5.41, 5.74) is 4.13. The Hall–Kier alpha value is -2.30. The zero-order valence-electron chi connectivity index (χ0n) is 17.2.